The molecule has 0 aliphatic rings. The van der Waals surface area contributed by atoms with Crippen LogP contribution in [0.15, 0.2) is 30.3 Å². The van der Waals surface area contributed by atoms with E-state index in [4.69, 9.17) is 0 Å². The lowest BCUT2D eigenvalue weighted by molar-refractivity contribution is 0.265. The second kappa shape index (κ2) is 7.86. The molecule has 1 aromatic carbocycles. The molecule has 90 valence electrons. The SMILES string of the molecule is CC(C)CCN(CCBr)Cc1ccccc1. The van der Waals surface area contributed by atoms with Gasteiger partial charge in [0, 0.05) is 18.4 Å². The lowest BCUT2D eigenvalue weighted by Crippen LogP contribution is -2.27. The molecule has 16 heavy (non-hydrogen) atoms. The highest BCUT2D eigenvalue weighted by molar-refractivity contribution is 9.09. The fourth-order valence-corrected chi connectivity index (χ4v) is 2.17. The van der Waals surface area contributed by atoms with E-state index in [0.717, 1.165) is 24.3 Å². The van der Waals surface area contributed by atoms with Crippen LogP contribution in [0.4, 0.5) is 0 Å². The van der Waals surface area contributed by atoms with E-state index in [2.05, 4.69) is 65.0 Å². The van der Waals surface area contributed by atoms with E-state index in [-0.39, 0.29) is 0 Å². The van der Waals surface area contributed by atoms with Crippen LogP contribution < -0.4 is 0 Å². The van der Waals surface area contributed by atoms with Crippen LogP contribution in [0.1, 0.15) is 25.8 Å². The summed E-state index contributed by atoms with van der Waals surface area (Å²) in [7, 11) is 0. The average Bonchev–Trinajstić information content (AvgIpc) is 2.27. The van der Waals surface area contributed by atoms with Crippen LogP contribution in [0.5, 0.6) is 0 Å². The van der Waals surface area contributed by atoms with Gasteiger partial charge in [-0.15, -0.1) is 0 Å². The van der Waals surface area contributed by atoms with Crippen LogP contribution in [0.25, 0.3) is 0 Å². The lowest BCUT2D eigenvalue weighted by Gasteiger charge is -2.22. The predicted octanol–water partition coefficient (Wildman–Crippen LogP) is 3.93. The number of hydrogen-bond donors (Lipinski definition) is 0. The van der Waals surface area contributed by atoms with Gasteiger partial charge >= 0.3 is 0 Å². The Bertz CT molecular complexity index is 271. The van der Waals surface area contributed by atoms with Gasteiger partial charge in [-0.1, -0.05) is 60.1 Å². The first-order valence-corrected chi connectivity index (χ1v) is 7.16. The molecule has 1 rings (SSSR count). The van der Waals surface area contributed by atoms with Gasteiger partial charge in [-0.25, -0.2) is 0 Å². The fraction of sp³-hybridized carbons (Fsp3) is 0.571. The Morgan fingerprint density at radius 3 is 2.38 bits per heavy atom. The van der Waals surface area contributed by atoms with Gasteiger partial charge in [-0.05, 0) is 24.4 Å². The number of nitrogens with zero attached hydrogens (tertiary/aromatic N) is 1. The molecule has 0 aromatic heterocycles. The molecule has 0 saturated carbocycles. The minimum absolute atomic E-state index is 0.786. The molecule has 0 radical (unpaired) electrons. The summed E-state index contributed by atoms with van der Waals surface area (Å²) in [5, 5.41) is 1.05. The van der Waals surface area contributed by atoms with E-state index >= 15 is 0 Å². The molecular weight excluding hydrogens is 262 g/mol. The van der Waals surface area contributed by atoms with Gasteiger partial charge in [0.1, 0.15) is 0 Å². The van der Waals surface area contributed by atoms with E-state index in [0.29, 0.717) is 0 Å². The zero-order valence-electron chi connectivity index (χ0n) is 10.3. The van der Waals surface area contributed by atoms with E-state index in [1.54, 1.807) is 0 Å². The summed E-state index contributed by atoms with van der Waals surface area (Å²) >= 11 is 3.53. The van der Waals surface area contributed by atoms with Gasteiger partial charge in [0.2, 0.25) is 0 Å². The molecule has 2 heteroatoms. The van der Waals surface area contributed by atoms with Crippen molar-refractivity contribution in [3.05, 3.63) is 35.9 Å². The van der Waals surface area contributed by atoms with Gasteiger partial charge in [-0.2, -0.15) is 0 Å². The lowest BCUT2D eigenvalue weighted by atomic mass is 10.1. The normalized spacial score (nSPS) is 11.3. The van der Waals surface area contributed by atoms with Crippen LogP contribution in [0, 0.1) is 5.92 Å². The van der Waals surface area contributed by atoms with Crippen molar-refractivity contribution in [3.8, 4) is 0 Å². The first-order valence-electron chi connectivity index (χ1n) is 6.04. The Hall–Kier alpha value is -0.340. The molecule has 0 unspecified atom stereocenters. The zero-order chi connectivity index (χ0) is 11.8. The van der Waals surface area contributed by atoms with Crippen molar-refractivity contribution in [1.29, 1.82) is 0 Å². The van der Waals surface area contributed by atoms with Crippen LogP contribution in [-0.2, 0) is 6.54 Å². The van der Waals surface area contributed by atoms with Crippen LogP contribution in [0.3, 0.4) is 0 Å². The van der Waals surface area contributed by atoms with Gasteiger partial charge in [0.05, 0.1) is 0 Å². The third kappa shape index (κ3) is 5.66. The highest BCUT2D eigenvalue weighted by Crippen LogP contribution is 2.08. The Labute approximate surface area is 108 Å². The molecule has 0 atom stereocenters. The first kappa shape index (κ1) is 13.7. The van der Waals surface area contributed by atoms with Crippen molar-refractivity contribution in [3.63, 3.8) is 0 Å². The molecule has 0 aliphatic carbocycles. The first-order chi connectivity index (χ1) is 7.72. The summed E-state index contributed by atoms with van der Waals surface area (Å²) in [6, 6.07) is 10.7. The standard InChI is InChI=1S/C14H22BrN/c1-13(2)8-10-16(11-9-15)12-14-6-4-3-5-7-14/h3-7,13H,8-12H2,1-2H3. The molecule has 0 fully saturated rings. The van der Waals surface area contributed by atoms with E-state index in [9.17, 15) is 0 Å². The Balaban J connectivity index is 2.44. The van der Waals surface area contributed by atoms with Crippen molar-refractivity contribution in [2.24, 2.45) is 5.92 Å². The summed E-state index contributed by atoms with van der Waals surface area (Å²) in [6.45, 7) is 7.96. The molecule has 0 heterocycles. The number of hydrogen-bond acceptors (Lipinski definition) is 1. The summed E-state index contributed by atoms with van der Waals surface area (Å²) in [5.74, 6) is 0.786. The number of alkyl halides is 1. The van der Waals surface area contributed by atoms with Gasteiger partial charge in [0.25, 0.3) is 0 Å². The van der Waals surface area contributed by atoms with Crippen molar-refractivity contribution < 1.29 is 0 Å². The largest absolute Gasteiger partial charge is 0.298 e. The summed E-state index contributed by atoms with van der Waals surface area (Å²) in [6.07, 6.45) is 1.28. The van der Waals surface area contributed by atoms with E-state index in [1.165, 1.54) is 18.5 Å². The van der Waals surface area contributed by atoms with Crippen LogP contribution in [-0.4, -0.2) is 23.3 Å². The maximum Gasteiger partial charge on any atom is 0.0234 e. The second-order valence-electron chi connectivity index (χ2n) is 4.63. The minimum Gasteiger partial charge on any atom is -0.298 e. The van der Waals surface area contributed by atoms with E-state index < -0.39 is 0 Å². The molecule has 0 amide bonds. The van der Waals surface area contributed by atoms with Crippen LogP contribution in [0.2, 0.25) is 0 Å². The van der Waals surface area contributed by atoms with Gasteiger partial charge < -0.3 is 0 Å². The Kier molecular flexibility index (Phi) is 6.74. The maximum atomic E-state index is 3.53. The number of halogens is 1. The molecule has 0 N–H and O–H groups in total. The van der Waals surface area contributed by atoms with Gasteiger partial charge in [-0.3, -0.25) is 4.90 Å². The van der Waals surface area contributed by atoms with Crippen molar-refractivity contribution in [2.75, 3.05) is 18.4 Å². The smallest absolute Gasteiger partial charge is 0.0234 e. The summed E-state index contributed by atoms with van der Waals surface area (Å²) in [5.41, 5.74) is 1.41. The Morgan fingerprint density at radius 1 is 1.12 bits per heavy atom. The average molecular weight is 284 g/mol. The summed E-state index contributed by atoms with van der Waals surface area (Å²) < 4.78 is 0. The topological polar surface area (TPSA) is 3.24 Å². The maximum absolute atomic E-state index is 3.53. The summed E-state index contributed by atoms with van der Waals surface area (Å²) in [4.78, 5) is 2.52. The molecule has 0 bridgehead atoms. The molecule has 1 nitrogen and oxygen atoms in total. The molecule has 0 spiro atoms. The molecule has 0 saturated heterocycles. The quantitative estimate of drug-likeness (QED) is 0.686. The van der Waals surface area contributed by atoms with Crippen LogP contribution >= 0.6 is 15.9 Å². The highest BCUT2D eigenvalue weighted by Gasteiger charge is 2.05. The third-order valence-corrected chi connectivity index (χ3v) is 3.03. The van der Waals surface area contributed by atoms with Gasteiger partial charge in [0.15, 0.2) is 0 Å². The second-order valence-corrected chi connectivity index (χ2v) is 5.43. The number of benzene rings is 1. The van der Waals surface area contributed by atoms with Crippen molar-refractivity contribution in [2.45, 2.75) is 26.8 Å². The van der Waals surface area contributed by atoms with Crippen molar-refractivity contribution in [1.82, 2.24) is 4.90 Å². The predicted molar refractivity (Wildman–Crippen MR) is 75.0 cm³/mol. The minimum atomic E-state index is 0.786. The van der Waals surface area contributed by atoms with E-state index in [1.807, 2.05) is 0 Å². The highest BCUT2D eigenvalue weighted by atomic mass is 79.9. The molecule has 0 aliphatic heterocycles. The fourth-order valence-electron chi connectivity index (χ4n) is 1.67. The molecule has 1 aromatic rings. The monoisotopic (exact) mass is 283 g/mol. The zero-order valence-corrected chi connectivity index (χ0v) is 11.9. The molecular formula is C14H22BrN. The number of rotatable bonds is 7. The van der Waals surface area contributed by atoms with Crippen molar-refractivity contribution >= 4 is 15.9 Å². The Morgan fingerprint density at radius 2 is 1.81 bits per heavy atom. The third-order valence-electron chi connectivity index (χ3n) is 2.67.